The second kappa shape index (κ2) is 72.0. The maximum Gasteiger partial charge on any atom is 0.472 e. The van der Waals surface area contributed by atoms with Crippen LogP contribution >= 0.6 is 7.82 Å². The van der Waals surface area contributed by atoms with Gasteiger partial charge in [0.05, 0.1) is 13.2 Å². The average Bonchev–Trinajstić information content (AvgIpc) is 0.756. The van der Waals surface area contributed by atoms with Gasteiger partial charge in [-0.2, -0.15) is 0 Å². The predicted molar refractivity (Wildman–Crippen MR) is 463 cm³/mol. The van der Waals surface area contributed by atoms with Crippen LogP contribution in [0.5, 0.6) is 0 Å². The third-order valence-electron chi connectivity index (χ3n) is 23.4. The number of aliphatic hydroxyl groups is 9. The molecule has 25 nitrogen and oxygen atoms in total. The molecule has 3 aliphatic rings. The van der Waals surface area contributed by atoms with Crippen molar-refractivity contribution in [1.29, 1.82) is 0 Å². The van der Waals surface area contributed by atoms with E-state index in [2.05, 4.69) is 52.0 Å². The summed E-state index contributed by atoms with van der Waals surface area (Å²) in [6.07, 6.45) is 32.9. The quantitative estimate of drug-likeness (QED) is 0.00889. The van der Waals surface area contributed by atoms with Crippen molar-refractivity contribution in [3.05, 3.63) is 24.3 Å². The van der Waals surface area contributed by atoms with E-state index in [1.165, 1.54) is 167 Å². The molecule has 0 amide bonds. The Labute approximate surface area is 717 Å². The molecule has 0 spiro atoms. The van der Waals surface area contributed by atoms with Crippen molar-refractivity contribution in [2.75, 3.05) is 26.4 Å². The molecule has 0 aromatic rings. The summed E-state index contributed by atoms with van der Waals surface area (Å²) in [6.45, 7) is 5.60. The zero-order valence-corrected chi connectivity index (χ0v) is 75.3. The molecule has 0 radical (unpaired) electrons. The number of carbonyl (C=O) groups is 4. The van der Waals surface area contributed by atoms with Crippen LogP contribution in [-0.2, 0) is 70.7 Å². The summed E-state index contributed by atoms with van der Waals surface area (Å²) >= 11 is 0. The first-order valence-electron chi connectivity index (χ1n) is 48.1. The summed E-state index contributed by atoms with van der Waals surface area (Å²) in [5.74, 6) is -2.96. The lowest BCUT2D eigenvalue weighted by Gasteiger charge is -2.50. The molecule has 18 atom stereocenters. The van der Waals surface area contributed by atoms with Gasteiger partial charge in [-0.1, -0.05) is 335 Å². The molecule has 2 saturated heterocycles. The number of rotatable bonds is 78. The summed E-state index contributed by atoms with van der Waals surface area (Å²) in [5.41, 5.74) is 0. The van der Waals surface area contributed by atoms with E-state index in [4.69, 9.17) is 46.9 Å². The molecule has 10 N–H and O–H groups in total. The van der Waals surface area contributed by atoms with Crippen LogP contribution in [0, 0.1) is 0 Å². The second-order valence-electron chi connectivity index (χ2n) is 34.2. The minimum atomic E-state index is -5.81. The molecule has 0 aromatic carbocycles. The van der Waals surface area contributed by atoms with Crippen molar-refractivity contribution in [2.45, 2.75) is 517 Å². The van der Waals surface area contributed by atoms with Crippen molar-refractivity contribution in [2.24, 2.45) is 0 Å². The SMILES string of the molecule is CCCCCC/C=C\CCCCCCCCCC(=O)OC(COC(=O)CCCCCCCCCCCCCCCCC)COP(=O)(O)OC1C(OC2OC(CO)C(O)C(O)C2O)C(O)C(O)C(OC(=O)CCCCCCCCC/C=C\CCCCCC)C1OC1OC(COC(=O)CCCCCCCCCCCCCCCCC)C(O)C(O)C1O. The first-order chi connectivity index (χ1) is 57.7. The summed E-state index contributed by atoms with van der Waals surface area (Å²) in [7, 11) is -5.81. The van der Waals surface area contributed by atoms with Gasteiger partial charge in [0.2, 0.25) is 0 Å². The Morgan fingerprint density at radius 2 is 0.630 bits per heavy atom. The lowest BCUT2D eigenvalue weighted by molar-refractivity contribution is -0.360. The minimum Gasteiger partial charge on any atom is -0.463 e. The maximum absolute atomic E-state index is 14.9. The van der Waals surface area contributed by atoms with Gasteiger partial charge in [-0.25, -0.2) is 4.57 Å². The van der Waals surface area contributed by atoms with Crippen LogP contribution in [0.4, 0.5) is 0 Å². The number of aliphatic hydroxyl groups excluding tert-OH is 9. The summed E-state index contributed by atoms with van der Waals surface area (Å²) in [4.78, 5) is 66.5. The molecule has 26 heteroatoms. The fourth-order valence-electron chi connectivity index (χ4n) is 15.8. The van der Waals surface area contributed by atoms with Gasteiger partial charge in [0.1, 0.15) is 92.6 Å². The highest BCUT2D eigenvalue weighted by Gasteiger charge is 2.60. The fraction of sp³-hybridized carbons (Fsp3) is 0.914. The van der Waals surface area contributed by atoms with E-state index in [0.717, 1.165) is 154 Å². The van der Waals surface area contributed by atoms with Crippen molar-refractivity contribution >= 4 is 31.7 Å². The molecule has 3 rings (SSSR count). The van der Waals surface area contributed by atoms with Crippen molar-refractivity contribution < 1.29 is 122 Å². The van der Waals surface area contributed by atoms with Gasteiger partial charge in [0.25, 0.3) is 0 Å². The van der Waals surface area contributed by atoms with Gasteiger partial charge < -0.3 is 88.7 Å². The third kappa shape index (κ3) is 52.0. The van der Waals surface area contributed by atoms with Crippen LogP contribution < -0.4 is 0 Å². The second-order valence-corrected chi connectivity index (χ2v) is 35.6. The Balaban J connectivity index is 1.91. The summed E-state index contributed by atoms with van der Waals surface area (Å²) in [6, 6.07) is 0. The monoisotopic (exact) mass is 1720 g/mol. The van der Waals surface area contributed by atoms with E-state index in [-0.39, 0.29) is 25.7 Å². The zero-order chi connectivity index (χ0) is 86.8. The maximum atomic E-state index is 14.9. The Hall–Kier alpha value is -3.05. The first-order valence-corrected chi connectivity index (χ1v) is 49.6. The predicted octanol–water partition coefficient (Wildman–Crippen LogP) is 18.1. The molecule has 18 unspecified atom stereocenters. The number of hydrogen-bond donors (Lipinski definition) is 10. The van der Waals surface area contributed by atoms with Gasteiger partial charge in [-0.15, -0.1) is 0 Å². The van der Waals surface area contributed by atoms with Gasteiger partial charge in [-0.05, 0) is 77.0 Å². The van der Waals surface area contributed by atoms with Gasteiger partial charge in [-0.3, -0.25) is 28.2 Å². The molecule has 3 fully saturated rings. The molecule has 0 aromatic heterocycles. The smallest absolute Gasteiger partial charge is 0.463 e. The number of ether oxygens (including phenoxy) is 8. The highest BCUT2D eigenvalue weighted by atomic mass is 31.2. The van der Waals surface area contributed by atoms with E-state index in [9.17, 15) is 74.6 Å². The molecular formula is C93H171O25P. The Bertz CT molecular complexity index is 2570. The molecular weight excluding hydrogens is 1550 g/mol. The van der Waals surface area contributed by atoms with E-state index >= 15 is 0 Å². The molecule has 2 heterocycles. The topological polar surface area (TPSA) is 380 Å². The number of phosphoric ester groups is 1. The molecule has 119 heavy (non-hydrogen) atoms. The molecule has 2 aliphatic heterocycles. The van der Waals surface area contributed by atoms with Crippen molar-refractivity contribution in [1.82, 2.24) is 0 Å². The largest absolute Gasteiger partial charge is 0.472 e. The minimum absolute atomic E-state index is 0.0171. The van der Waals surface area contributed by atoms with Crippen molar-refractivity contribution in [3.8, 4) is 0 Å². The summed E-state index contributed by atoms with van der Waals surface area (Å²) < 4.78 is 73.5. The first kappa shape index (κ1) is 110. The highest BCUT2D eigenvalue weighted by Crippen LogP contribution is 2.49. The van der Waals surface area contributed by atoms with Gasteiger partial charge in [0.15, 0.2) is 24.8 Å². The van der Waals surface area contributed by atoms with Gasteiger partial charge >= 0.3 is 31.7 Å². The third-order valence-corrected chi connectivity index (χ3v) is 24.4. The number of phosphoric acid groups is 1. The van der Waals surface area contributed by atoms with Crippen LogP contribution in [0.15, 0.2) is 24.3 Å². The van der Waals surface area contributed by atoms with Crippen LogP contribution in [-0.4, -0.2) is 205 Å². The van der Waals surface area contributed by atoms with Crippen LogP contribution in [0.2, 0.25) is 0 Å². The highest BCUT2D eigenvalue weighted by molar-refractivity contribution is 7.47. The molecule has 1 aliphatic carbocycles. The number of hydrogen-bond acceptors (Lipinski definition) is 24. The van der Waals surface area contributed by atoms with E-state index in [1.54, 1.807) is 0 Å². The lowest BCUT2D eigenvalue weighted by atomic mass is 9.84. The number of carbonyl (C=O) groups excluding carboxylic acids is 4. The van der Waals surface area contributed by atoms with E-state index in [1.807, 2.05) is 0 Å². The van der Waals surface area contributed by atoms with E-state index < -0.39 is 162 Å². The van der Waals surface area contributed by atoms with Gasteiger partial charge in [0, 0.05) is 25.7 Å². The number of esters is 4. The fourth-order valence-corrected chi connectivity index (χ4v) is 16.7. The summed E-state index contributed by atoms with van der Waals surface area (Å²) in [5, 5.41) is 102. The van der Waals surface area contributed by atoms with Crippen LogP contribution in [0.25, 0.3) is 0 Å². The Kier molecular flexibility index (Phi) is 66.7. The molecule has 0 bridgehead atoms. The normalized spacial score (nSPS) is 24.9. The standard InChI is InChI=1S/C93H171O25P/c1-5-9-13-17-21-25-29-33-37-41-45-49-53-57-61-65-76(95)109-70-73(112-78(97)67-63-59-55-51-47-43-39-35-31-27-23-19-15-11-7-3)71-111-119(107,108)118-91-89(116-92-86(105)82(101)80(99)74(69-94)113-92)85(104)84(103)88(115-79(98)68-64-60-56-52-48-44-40-36-32-28-24-20-16-12-8-4)90(91)117-93-87(106)83(102)81(100)75(114-93)72-110-77(96)66-62-58-54-50-46-42-38-34-30-26-22-18-14-10-6-2/h27-28,31-32,73-75,80-94,99-106H,5-26,29-30,33-72H2,1-4H3,(H,107,108)/b31-27-,32-28-. The number of unbranched alkanes of at least 4 members (excludes halogenated alkanes) is 50. The average molecular weight is 1720 g/mol. The lowest BCUT2D eigenvalue weighted by Crippen LogP contribution is -2.70. The van der Waals surface area contributed by atoms with E-state index in [0.29, 0.717) is 38.5 Å². The van der Waals surface area contributed by atoms with Crippen molar-refractivity contribution in [3.63, 3.8) is 0 Å². The Morgan fingerprint density at radius 1 is 0.328 bits per heavy atom. The number of allylic oxidation sites excluding steroid dienone is 4. The van der Waals surface area contributed by atoms with Crippen LogP contribution in [0.3, 0.4) is 0 Å². The molecule has 1 saturated carbocycles. The van der Waals surface area contributed by atoms with Crippen LogP contribution in [0.1, 0.15) is 413 Å². The zero-order valence-electron chi connectivity index (χ0n) is 74.4. The Morgan fingerprint density at radius 3 is 1.01 bits per heavy atom. The molecule has 698 valence electrons.